The van der Waals surface area contributed by atoms with Gasteiger partial charge in [0.15, 0.2) is 0 Å². The van der Waals surface area contributed by atoms with Gasteiger partial charge in [0.1, 0.15) is 17.5 Å². The van der Waals surface area contributed by atoms with E-state index in [-0.39, 0.29) is 5.69 Å². The first kappa shape index (κ1) is 21.5. The van der Waals surface area contributed by atoms with Crippen molar-refractivity contribution in [3.05, 3.63) is 71.2 Å². The molecule has 4 aromatic rings. The second kappa shape index (κ2) is 8.08. The molecule has 2 amide bonds. The van der Waals surface area contributed by atoms with E-state index in [4.69, 9.17) is 5.73 Å². The number of carbonyl (C=O) groups excluding carboxylic acids is 1. The third-order valence-electron chi connectivity index (χ3n) is 4.59. The molecule has 0 saturated heterocycles. The fraction of sp³-hybridized carbons (Fsp3) is 0.0476. The van der Waals surface area contributed by atoms with Crippen molar-refractivity contribution in [3.8, 4) is 11.1 Å². The zero-order valence-corrected chi connectivity index (χ0v) is 16.7. The lowest BCUT2D eigenvalue weighted by Crippen LogP contribution is -2.21. The third kappa shape index (κ3) is 4.19. The number of hydrogen-bond acceptors (Lipinski definition) is 4. The Morgan fingerprint density at radius 1 is 0.969 bits per heavy atom. The number of halogens is 5. The average Bonchev–Trinajstić information content (AvgIpc) is 3.16. The van der Waals surface area contributed by atoms with Gasteiger partial charge in [0.2, 0.25) is 0 Å². The second-order valence-electron chi connectivity index (χ2n) is 6.68. The number of nitrogens with zero attached hydrogens (tertiary/aromatic N) is 1. The maximum Gasteiger partial charge on any atom is 0.416 e. The van der Waals surface area contributed by atoms with Gasteiger partial charge in [-0.2, -0.15) is 13.2 Å². The van der Waals surface area contributed by atoms with Crippen molar-refractivity contribution in [2.45, 2.75) is 6.18 Å². The molecular weight excluding hydrogens is 451 g/mol. The number of rotatable bonds is 3. The summed E-state index contributed by atoms with van der Waals surface area (Å²) >= 11 is 1.41. The number of fused-ring (bicyclic) bond motifs is 1. The molecule has 0 fully saturated rings. The highest BCUT2D eigenvalue weighted by Crippen LogP contribution is 2.37. The number of nitrogen functional groups attached to an aromatic ring is 1. The number of alkyl halides is 3. The van der Waals surface area contributed by atoms with Gasteiger partial charge in [-0.05, 0) is 47.3 Å². The van der Waals surface area contributed by atoms with Crippen LogP contribution in [0.15, 0.2) is 54.0 Å². The van der Waals surface area contributed by atoms with Crippen LogP contribution in [0.5, 0.6) is 0 Å². The normalized spacial score (nSPS) is 11.5. The van der Waals surface area contributed by atoms with Crippen LogP contribution in [0, 0.1) is 11.6 Å². The molecule has 11 heteroatoms. The second-order valence-corrected chi connectivity index (χ2v) is 7.60. The zero-order valence-electron chi connectivity index (χ0n) is 15.9. The maximum atomic E-state index is 14.6. The number of pyridine rings is 1. The number of hydrogen-bond donors (Lipinski definition) is 3. The summed E-state index contributed by atoms with van der Waals surface area (Å²) in [5.74, 6) is -1.58. The summed E-state index contributed by atoms with van der Waals surface area (Å²) in [6.45, 7) is 0. The lowest BCUT2D eigenvalue weighted by molar-refractivity contribution is -0.137. The van der Waals surface area contributed by atoms with E-state index in [0.29, 0.717) is 40.5 Å². The minimum atomic E-state index is -4.71. The molecule has 4 rings (SSSR count). The number of carbonyl (C=O) groups is 1. The summed E-state index contributed by atoms with van der Waals surface area (Å²) in [4.78, 5) is 16.2. The average molecular weight is 464 g/mol. The summed E-state index contributed by atoms with van der Waals surface area (Å²) in [6, 6.07) is 6.25. The lowest BCUT2D eigenvalue weighted by atomic mass is 10.0. The molecule has 4 N–H and O–H groups in total. The van der Waals surface area contributed by atoms with E-state index in [1.165, 1.54) is 29.5 Å². The minimum absolute atomic E-state index is 0.246. The molecule has 2 aromatic carbocycles. The molecule has 0 bridgehead atoms. The van der Waals surface area contributed by atoms with Gasteiger partial charge in [-0.15, -0.1) is 11.3 Å². The molecule has 0 aliphatic carbocycles. The molecule has 0 radical (unpaired) electrons. The van der Waals surface area contributed by atoms with Crippen molar-refractivity contribution in [3.63, 3.8) is 0 Å². The summed E-state index contributed by atoms with van der Waals surface area (Å²) in [6.07, 6.45) is -3.15. The fourth-order valence-electron chi connectivity index (χ4n) is 3.08. The number of benzene rings is 2. The number of anilines is 3. The van der Waals surface area contributed by atoms with E-state index in [2.05, 4.69) is 10.3 Å². The van der Waals surface area contributed by atoms with Crippen LogP contribution in [-0.4, -0.2) is 11.0 Å². The highest BCUT2D eigenvalue weighted by atomic mass is 32.1. The molecule has 2 aromatic heterocycles. The van der Waals surface area contributed by atoms with Crippen molar-refractivity contribution >= 4 is 44.6 Å². The Morgan fingerprint density at radius 3 is 2.44 bits per heavy atom. The molecular formula is C21H13F5N4OS. The molecule has 2 heterocycles. The first-order valence-electron chi connectivity index (χ1n) is 9.00. The Hall–Kier alpha value is -3.73. The van der Waals surface area contributed by atoms with Crippen molar-refractivity contribution in [1.29, 1.82) is 0 Å². The van der Waals surface area contributed by atoms with Crippen LogP contribution >= 0.6 is 11.3 Å². The number of thiophene rings is 1. The Balaban J connectivity index is 1.55. The van der Waals surface area contributed by atoms with Gasteiger partial charge in [0.05, 0.1) is 16.9 Å². The maximum absolute atomic E-state index is 14.6. The van der Waals surface area contributed by atoms with Crippen LogP contribution in [0.3, 0.4) is 0 Å². The highest BCUT2D eigenvalue weighted by Gasteiger charge is 2.31. The van der Waals surface area contributed by atoms with Crippen molar-refractivity contribution in [2.75, 3.05) is 16.4 Å². The number of nitrogens with one attached hydrogen (secondary N) is 2. The molecule has 32 heavy (non-hydrogen) atoms. The van der Waals surface area contributed by atoms with Crippen LogP contribution < -0.4 is 16.4 Å². The van der Waals surface area contributed by atoms with Crippen LogP contribution in [0.4, 0.5) is 43.9 Å². The van der Waals surface area contributed by atoms with Gasteiger partial charge in [-0.1, -0.05) is 6.07 Å². The number of nitrogens with two attached hydrogens (primary N) is 1. The van der Waals surface area contributed by atoms with Gasteiger partial charge in [-0.25, -0.2) is 18.6 Å². The zero-order chi connectivity index (χ0) is 23.0. The van der Waals surface area contributed by atoms with Gasteiger partial charge in [0, 0.05) is 21.8 Å². The number of urea groups is 1. The van der Waals surface area contributed by atoms with Crippen LogP contribution in [0.1, 0.15) is 5.56 Å². The molecule has 164 valence electrons. The number of amides is 2. The van der Waals surface area contributed by atoms with Crippen LogP contribution in [0.2, 0.25) is 0 Å². The van der Waals surface area contributed by atoms with Gasteiger partial charge >= 0.3 is 12.2 Å². The van der Waals surface area contributed by atoms with E-state index in [9.17, 15) is 26.7 Å². The summed E-state index contributed by atoms with van der Waals surface area (Å²) in [7, 11) is 0. The monoisotopic (exact) mass is 464 g/mol. The molecule has 0 saturated carbocycles. The molecule has 0 atom stereocenters. The van der Waals surface area contributed by atoms with Crippen molar-refractivity contribution in [2.24, 2.45) is 0 Å². The largest absolute Gasteiger partial charge is 0.416 e. The van der Waals surface area contributed by atoms with Crippen molar-refractivity contribution in [1.82, 2.24) is 4.98 Å². The Kier molecular flexibility index (Phi) is 5.43. The fourth-order valence-corrected chi connectivity index (χ4v) is 4.05. The summed E-state index contributed by atoms with van der Waals surface area (Å²) < 4.78 is 67.7. The molecule has 0 aliphatic rings. The molecule has 0 aliphatic heterocycles. The van der Waals surface area contributed by atoms with E-state index in [1.807, 2.05) is 5.32 Å². The lowest BCUT2D eigenvalue weighted by Gasteiger charge is -2.12. The van der Waals surface area contributed by atoms with Gasteiger partial charge in [0.25, 0.3) is 0 Å². The van der Waals surface area contributed by atoms with E-state index < -0.39 is 35.1 Å². The van der Waals surface area contributed by atoms with Gasteiger partial charge in [-0.3, -0.25) is 0 Å². The van der Waals surface area contributed by atoms with E-state index in [1.54, 1.807) is 17.6 Å². The highest BCUT2D eigenvalue weighted by molar-refractivity contribution is 7.17. The predicted octanol–water partition coefficient (Wildman–Crippen LogP) is 6.49. The van der Waals surface area contributed by atoms with Crippen LogP contribution in [0.25, 0.3) is 21.2 Å². The summed E-state index contributed by atoms with van der Waals surface area (Å²) in [5, 5.41) is 6.59. The SMILES string of the molecule is Nc1nccc2scc(-c3ccc(NC(=O)Nc4cc(C(F)(F)F)ccc4F)c(F)c3)c12. The molecule has 5 nitrogen and oxygen atoms in total. The number of aromatic nitrogens is 1. The summed E-state index contributed by atoms with van der Waals surface area (Å²) in [5.41, 5.74) is 5.01. The van der Waals surface area contributed by atoms with E-state index >= 15 is 0 Å². The van der Waals surface area contributed by atoms with Gasteiger partial charge < -0.3 is 16.4 Å². The first-order chi connectivity index (χ1) is 15.1. The minimum Gasteiger partial charge on any atom is -0.383 e. The molecule has 0 unspecified atom stereocenters. The van der Waals surface area contributed by atoms with E-state index in [0.717, 1.165) is 4.70 Å². The van der Waals surface area contributed by atoms with Crippen molar-refractivity contribution < 1.29 is 26.7 Å². The first-order valence-corrected chi connectivity index (χ1v) is 9.88. The standard InChI is InChI=1S/C21H13F5N4OS/c22-13-3-2-11(21(24,25)26)8-16(13)30-20(31)29-15-4-1-10(7-14(15)23)12-9-32-17-5-6-28-19(27)18(12)17/h1-9H,(H2,27,28)(H2,29,30,31). The molecule has 0 spiro atoms. The Bertz CT molecular complexity index is 1340. The Morgan fingerprint density at radius 2 is 1.72 bits per heavy atom. The topological polar surface area (TPSA) is 80.0 Å². The third-order valence-corrected chi connectivity index (χ3v) is 5.53. The Labute approximate surface area is 181 Å². The smallest absolute Gasteiger partial charge is 0.383 e. The van der Waals surface area contributed by atoms with Crippen LogP contribution in [-0.2, 0) is 6.18 Å². The quantitative estimate of drug-likeness (QED) is 0.303. The predicted molar refractivity (Wildman–Crippen MR) is 113 cm³/mol.